The Kier molecular flexibility index (Phi) is 5.11. The number of likely N-dealkylation sites (tertiary alicyclic amines) is 1. The number of aromatic nitrogens is 2. The molecule has 0 aliphatic carbocycles. The molecule has 1 fully saturated rings. The average Bonchev–Trinajstić information content (AvgIpc) is 2.72. The van der Waals surface area contributed by atoms with Gasteiger partial charge in [-0.05, 0) is 70.5 Å². The van der Waals surface area contributed by atoms with Gasteiger partial charge >= 0.3 is 0 Å². The molecule has 1 saturated heterocycles. The van der Waals surface area contributed by atoms with Gasteiger partial charge in [-0.3, -0.25) is 9.69 Å². The maximum Gasteiger partial charge on any atom is 0.259 e. The molecule has 0 saturated carbocycles. The van der Waals surface area contributed by atoms with Crippen molar-refractivity contribution in [1.82, 2.24) is 14.9 Å². The summed E-state index contributed by atoms with van der Waals surface area (Å²) in [5, 5.41) is 0.768. The molecule has 132 valence electrons. The Hall–Kier alpha value is -1.20. The first-order chi connectivity index (χ1) is 11.4. The third-order valence-electron chi connectivity index (χ3n) is 5.75. The van der Waals surface area contributed by atoms with E-state index in [1.165, 1.54) is 24.1 Å². The number of nitrogens with zero attached hydrogens (tertiary/aromatic N) is 2. The number of H-pyrrole nitrogens is 1. The van der Waals surface area contributed by atoms with Crippen LogP contribution >= 0.6 is 11.3 Å². The number of aromatic amines is 1. The molecule has 0 unspecified atom stereocenters. The van der Waals surface area contributed by atoms with Crippen LogP contribution in [0.25, 0.3) is 10.2 Å². The normalized spacial score (nSPS) is 21.3. The molecule has 3 heterocycles. The Labute approximate surface area is 148 Å². The van der Waals surface area contributed by atoms with Gasteiger partial charge in [0.05, 0.1) is 11.4 Å². The molecule has 2 aromatic rings. The fourth-order valence-electron chi connectivity index (χ4n) is 3.84. The van der Waals surface area contributed by atoms with E-state index in [2.05, 4.69) is 37.6 Å². The van der Waals surface area contributed by atoms with Crippen LogP contribution in [0.3, 0.4) is 0 Å². The minimum Gasteiger partial charge on any atom is -0.309 e. The molecule has 1 aliphatic rings. The Balaban J connectivity index is 1.86. The average molecular weight is 348 g/mol. The molecule has 2 aromatic heterocycles. The minimum atomic E-state index is 0.0126. The summed E-state index contributed by atoms with van der Waals surface area (Å²) in [6.45, 7) is 13.1. The summed E-state index contributed by atoms with van der Waals surface area (Å²) in [6, 6.07) is 0.163. The fourth-order valence-corrected chi connectivity index (χ4v) is 4.88. The van der Waals surface area contributed by atoms with Gasteiger partial charge in [-0.25, -0.2) is 4.98 Å². The topological polar surface area (TPSA) is 49.0 Å². The lowest BCUT2D eigenvalue weighted by molar-refractivity contribution is 0.205. The second kappa shape index (κ2) is 6.96. The number of thiophene rings is 1. The van der Waals surface area contributed by atoms with Gasteiger partial charge in [0.2, 0.25) is 0 Å². The fraction of sp³-hybridized carbons (Fsp3) is 0.684. The third-order valence-corrected chi connectivity index (χ3v) is 6.85. The lowest BCUT2D eigenvalue weighted by Gasteiger charge is -2.27. The zero-order chi connectivity index (χ0) is 17.4. The zero-order valence-corrected chi connectivity index (χ0v) is 16.3. The molecule has 0 radical (unpaired) electrons. The molecular formula is C19H29N3OS. The molecule has 2 atom stereocenters. The third kappa shape index (κ3) is 3.29. The smallest absolute Gasteiger partial charge is 0.259 e. The van der Waals surface area contributed by atoms with Gasteiger partial charge in [-0.1, -0.05) is 13.8 Å². The van der Waals surface area contributed by atoms with Crippen LogP contribution in [-0.2, 0) is 0 Å². The molecule has 5 heteroatoms. The van der Waals surface area contributed by atoms with E-state index in [0.29, 0.717) is 0 Å². The van der Waals surface area contributed by atoms with E-state index in [0.717, 1.165) is 46.5 Å². The van der Waals surface area contributed by atoms with Crippen molar-refractivity contribution in [3.8, 4) is 0 Å². The van der Waals surface area contributed by atoms with Crippen LogP contribution in [0.1, 0.15) is 62.3 Å². The predicted octanol–water partition coefficient (Wildman–Crippen LogP) is 4.42. The van der Waals surface area contributed by atoms with Crippen molar-refractivity contribution in [1.29, 1.82) is 0 Å². The SMILES string of the molecule is Cc1sc2nc([C@@H](C)N3CCC[C@@H](C(C)C)CC3)[nH]c(=O)c2c1C. The maximum atomic E-state index is 12.5. The number of hydrogen-bond donors (Lipinski definition) is 1. The molecule has 3 rings (SSSR count). The van der Waals surface area contributed by atoms with Crippen LogP contribution in [0.4, 0.5) is 0 Å². The Morgan fingerprint density at radius 3 is 2.67 bits per heavy atom. The van der Waals surface area contributed by atoms with E-state index in [4.69, 9.17) is 4.98 Å². The quantitative estimate of drug-likeness (QED) is 0.894. The number of hydrogen-bond acceptors (Lipinski definition) is 4. The van der Waals surface area contributed by atoms with Crippen LogP contribution in [-0.4, -0.2) is 28.0 Å². The molecule has 1 N–H and O–H groups in total. The van der Waals surface area contributed by atoms with Gasteiger partial charge in [0, 0.05) is 4.88 Å². The van der Waals surface area contributed by atoms with E-state index >= 15 is 0 Å². The summed E-state index contributed by atoms with van der Waals surface area (Å²) >= 11 is 1.63. The molecular weight excluding hydrogens is 318 g/mol. The summed E-state index contributed by atoms with van der Waals surface area (Å²) in [5.74, 6) is 2.39. The maximum absolute atomic E-state index is 12.5. The summed E-state index contributed by atoms with van der Waals surface area (Å²) in [6.07, 6.45) is 3.79. The highest BCUT2D eigenvalue weighted by Crippen LogP contribution is 2.30. The van der Waals surface area contributed by atoms with E-state index in [1.807, 2.05) is 6.92 Å². The second-order valence-electron chi connectivity index (χ2n) is 7.56. The predicted molar refractivity (Wildman–Crippen MR) is 102 cm³/mol. The lowest BCUT2D eigenvalue weighted by atomic mass is 9.89. The van der Waals surface area contributed by atoms with Gasteiger partial charge in [-0.2, -0.15) is 0 Å². The van der Waals surface area contributed by atoms with Crippen LogP contribution < -0.4 is 5.56 Å². The van der Waals surface area contributed by atoms with Crippen molar-refractivity contribution < 1.29 is 0 Å². The Bertz CT molecular complexity index is 777. The second-order valence-corrected chi connectivity index (χ2v) is 8.76. The first-order valence-electron chi connectivity index (χ1n) is 9.12. The molecule has 0 aromatic carbocycles. The highest BCUT2D eigenvalue weighted by atomic mass is 32.1. The monoisotopic (exact) mass is 347 g/mol. The summed E-state index contributed by atoms with van der Waals surface area (Å²) < 4.78 is 0. The number of aryl methyl sites for hydroxylation is 2. The molecule has 0 amide bonds. The van der Waals surface area contributed by atoms with Crippen LogP contribution in [0, 0.1) is 25.7 Å². The number of fused-ring (bicyclic) bond motifs is 1. The highest BCUT2D eigenvalue weighted by Gasteiger charge is 2.25. The van der Waals surface area contributed by atoms with E-state index in [9.17, 15) is 4.79 Å². The molecule has 1 aliphatic heterocycles. The Morgan fingerprint density at radius 2 is 1.96 bits per heavy atom. The molecule has 0 bridgehead atoms. The first kappa shape index (κ1) is 17.6. The van der Waals surface area contributed by atoms with Crippen molar-refractivity contribution in [2.75, 3.05) is 13.1 Å². The van der Waals surface area contributed by atoms with Crippen LogP contribution in [0.15, 0.2) is 4.79 Å². The van der Waals surface area contributed by atoms with Crippen LogP contribution in [0.2, 0.25) is 0 Å². The van der Waals surface area contributed by atoms with E-state index < -0.39 is 0 Å². The summed E-state index contributed by atoms with van der Waals surface area (Å²) in [5.41, 5.74) is 1.08. The van der Waals surface area contributed by atoms with E-state index in [-0.39, 0.29) is 11.6 Å². The van der Waals surface area contributed by atoms with Crippen molar-refractivity contribution in [3.63, 3.8) is 0 Å². The molecule has 0 spiro atoms. The van der Waals surface area contributed by atoms with Crippen LogP contribution in [0.5, 0.6) is 0 Å². The van der Waals surface area contributed by atoms with Gasteiger partial charge in [0.1, 0.15) is 10.7 Å². The largest absolute Gasteiger partial charge is 0.309 e. The molecule has 4 nitrogen and oxygen atoms in total. The minimum absolute atomic E-state index is 0.0126. The standard InChI is InChI=1S/C19H29N3OS/c1-11(2)15-7-6-9-22(10-8-15)13(4)17-20-18(23)16-12(3)14(5)24-19(16)21-17/h11,13,15H,6-10H2,1-5H3,(H,20,21,23)/t13-,15-/m1/s1. The molecule has 24 heavy (non-hydrogen) atoms. The summed E-state index contributed by atoms with van der Waals surface area (Å²) in [7, 11) is 0. The van der Waals surface area contributed by atoms with Gasteiger partial charge in [-0.15, -0.1) is 11.3 Å². The first-order valence-corrected chi connectivity index (χ1v) is 9.94. The zero-order valence-electron chi connectivity index (χ0n) is 15.5. The van der Waals surface area contributed by atoms with Gasteiger partial charge in [0.25, 0.3) is 5.56 Å². The Morgan fingerprint density at radius 1 is 1.21 bits per heavy atom. The number of nitrogens with one attached hydrogen (secondary N) is 1. The van der Waals surface area contributed by atoms with Crippen molar-refractivity contribution >= 4 is 21.6 Å². The van der Waals surface area contributed by atoms with Gasteiger partial charge < -0.3 is 4.98 Å². The number of rotatable bonds is 3. The van der Waals surface area contributed by atoms with Crippen molar-refractivity contribution in [3.05, 3.63) is 26.6 Å². The highest BCUT2D eigenvalue weighted by molar-refractivity contribution is 7.18. The van der Waals surface area contributed by atoms with Crippen molar-refractivity contribution in [2.45, 2.75) is 59.9 Å². The van der Waals surface area contributed by atoms with Crippen molar-refractivity contribution in [2.24, 2.45) is 11.8 Å². The summed E-state index contributed by atoms with van der Waals surface area (Å²) in [4.78, 5) is 24.9. The van der Waals surface area contributed by atoms with Gasteiger partial charge in [0.15, 0.2) is 0 Å². The van der Waals surface area contributed by atoms with E-state index in [1.54, 1.807) is 11.3 Å². The lowest BCUT2D eigenvalue weighted by Crippen LogP contribution is -2.30.